The lowest BCUT2D eigenvalue weighted by atomic mass is 9.99. The first-order valence-electron chi connectivity index (χ1n) is 5.96. The number of nitrogens with zero attached hydrogens (tertiary/aromatic N) is 1. The van der Waals surface area contributed by atoms with Crippen molar-refractivity contribution in [3.8, 4) is 0 Å². The summed E-state index contributed by atoms with van der Waals surface area (Å²) in [5, 5.41) is 11.4. The van der Waals surface area contributed by atoms with Crippen molar-refractivity contribution in [1.29, 1.82) is 0 Å². The number of rotatable bonds is 4. The number of carbonyl (C=O) groups is 2. The van der Waals surface area contributed by atoms with Gasteiger partial charge in [0.2, 0.25) is 0 Å². The molecule has 1 fully saturated rings. The van der Waals surface area contributed by atoms with Gasteiger partial charge in [0.25, 0.3) is 0 Å². The third-order valence-electron chi connectivity index (χ3n) is 2.92. The monoisotopic (exact) mass is 262 g/mol. The van der Waals surface area contributed by atoms with E-state index >= 15 is 0 Å². The molecule has 1 aliphatic rings. The molecule has 0 spiro atoms. The Balaban J connectivity index is 2.54. The molecule has 0 aromatic heterocycles. The number of likely N-dealkylation sites (tertiary alicyclic amines) is 1. The average molecular weight is 263 g/mol. The fourth-order valence-corrected chi connectivity index (χ4v) is 2.18. The fraction of sp³-hybridized carbons (Fsp3) is 0.818. The van der Waals surface area contributed by atoms with E-state index in [1.165, 1.54) is 0 Å². The van der Waals surface area contributed by atoms with Crippen LogP contribution in [0.5, 0.6) is 0 Å². The van der Waals surface area contributed by atoms with Gasteiger partial charge in [0.15, 0.2) is 0 Å². The first kappa shape index (κ1) is 14.3. The van der Waals surface area contributed by atoms with Gasteiger partial charge in [-0.3, -0.25) is 9.59 Å². The summed E-state index contributed by atoms with van der Waals surface area (Å²) < 4.78 is 0. The van der Waals surface area contributed by atoms with Crippen molar-refractivity contribution in [3.05, 3.63) is 0 Å². The maximum Gasteiger partial charge on any atom is 0.312 e. The van der Waals surface area contributed by atoms with Crippen molar-refractivity contribution in [1.82, 2.24) is 10.2 Å². The molecule has 0 aliphatic carbocycles. The molecule has 0 aromatic rings. The molecular weight excluding hydrogens is 244 g/mol. The van der Waals surface area contributed by atoms with Gasteiger partial charge in [-0.15, -0.1) is 11.6 Å². The molecule has 0 aromatic carbocycles. The number of amides is 2. The molecule has 17 heavy (non-hydrogen) atoms. The van der Waals surface area contributed by atoms with Crippen LogP contribution in [-0.2, 0) is 9.59 Å². The van der Waals surface area contributed by atoms with Gasteiger partial charge < -0.3 is 15.3 Å². The largest absolute Gasteiger partial charge is 0.396 e. The van der Waals surface area contributed by atoms with Gasteiger partial charge in [-0.25, -0.2) is 0 Å². The first-order chi connectivity index (χ1) is 8.20. The number of carbonyl (C=O) groups excluding carboxylic acids is 2. The van der Waals surface area contributed by atoms with Crippen LogP contribution in [0.25, 0.3) is 0 Å². The van der Waals surface area contributed by atoms with Crippen molar-refractivity contribution in [2.45, 2.75) is 31.7 Å². The van der Waals surface area contributed by atoms with E-state index in [2.05, 4.69) is 5.32 Å². The van der Waals surface area contributed by atoms with E-state index in [0.717, 1.165) is 19.3 Å². The Morgan fingerprint density at radius 3 is 2.82 bits per heavy atom. The van der Waals surface area contributed by atoms with Gasteiger partial charge >= 0.3 is 11.8 Å². The highest BCUT2D eigenvalue weighted by Gasteiger charge is 2.29. The molecule has 98 valence electrons. The van der Waals surface area contributed by atoms with Crippen LogP contribution in [0.4, 0.5) is 0 Å². The third kappa shape index (κ3) is 4.16. The van der Waals surface area contributed by atoms with E-state index in [1.54, 1.807) is 4.90 Å². The van der Waals surface area contributed by atoms with Crippen LogP contribution < -0.4 is 5.32 Å². The van der Waals surface area contributed by atoms with Gasteiger partial charge in [-0.2, -0.15) is 0 Å². The predicted molar refractivity (Wildman–Crippen MR) is 64.8 cm³/mol. The summed E-state index contributed by atoms with van der Waals surface area (Å²) in [6.45, 7) is 0.931. The van der Waals surface area contributed by atoms with E-state index in [1.807, 2.05) is 0 Å². The molecule has 0 saturated carbocycles. The molecule has 0 radical (unpaired) electrons. The Morgan fingerprint density at radius 1 is 1.41 bits per heavy atom. The van der Waals surface area contributed by atoms with Crippen LogP contribution in [-0.4, -0.2) is 53.4 Å². The number of aliphatic hydroxyl groups excluding tert-OH is 1. The lowest BCUT2D eigenvalue weighted by molar-refractivity contribution is -0.148. The standard InChI is InChI=1S/C11H19ClN2O3/c12-5-6-13-10(16)11(17)14-7-2-1-3-9(14)4-8-15/h9,15H,1-8H2,(H,13,16). The van der Waals surface area contributed by atoms with Crippen LogP contribution in [0.3, 0.4) is 0 Å². The molecule has 2 amide bonds. The van der Waals surface area contributed by atoms with Gasteiger partial charge in [0, 0.05) is 31.6 Å². The minimum Gasteiger partial charge on any atom is -0.396 e. The second kappa shape index (κ2) is 7.50. The third-order valence-corrected chi connectivity index (χ3v) is 3.11. The topological polar surface area (TPSA) is 69.6 Å². The van der Waals surface area contributed by atoms with E-state index in [0.29, 0.717) is 25.4 Å². The quantitative estimate of drug-likeness (QED) is 0.558. The number of hydrogen-bond donors (Lipinski definition) is 2. The van der Waals surface area contributed by atoms with Crippen molar-refractivity contribution in [2.75, 3.05) is 25.6 Å². The minimum atomic E-state index is -0.601. The van der Waals surface area contributed by atoms with Crippen molar-refractivity contribution >= 4 is 23.4 Å². The highest BCUT2D eigenvalue weighted by atomic mass is 35.5. The van der Waals surface area contributed by atoms with Crippen LogP contribution in [0.1, 0.15) is 25.7 Å². The number of aliphatic hydroxyl groups is 1. The highest BCUT2D eigenvalue weighted by Crippen LogP contribution is 2.19. The van der Waals surface area contributed by atoms with Gasteiger partial charge in [-0.05, 0) is 25.7 Å². The number of alkyl halides is 1. The molecule has 5 nitrogen and oxygen atoms in total. The SMILES string of the molecule is O=C(NCCCl)C(=O)N1CCCCC1CCO. The van der Waals surface area contributed by atoms with Crippen molar-refractivity contribution < 1.29 is 14.7 Å². The van der Waals surface area contributed by atoms with Crippen molar-refractivity contribution in [3.63, 3.8) is 0 Å². The molecule has 1 rings (SSSR count). The molecule has 1 heterocycles. The number of piperidine rings is 1. The molecule has 1 aliphatic heterocycles. The maximum absolute atomic E-state index is 11.9. The van der Waals surface area contributed by atoms with Crippen LogP contribution in [0.2, 0.25) is 0 Å². The summed E-state index contributed by atoms with van der Waals surface area (Å²) in [5.41, 5.74) is 0. The van der Waals surface area contributed by atoms with E-state index in [4.69, 9.17) is 16.7 Å². The summed E-state index contributed by atoms with van der Waals surface area (Å²) in [5.74, 6) is -0.817. The van der Waals surface area contributed by atoms with Crippen LogP contribution in [0.15, 0.2) is 0 Å². The Morgan fingerprint density at radius 2 is 2.18 bits per heavy atom. The van der Waals surface area contributed by atoms with Gasteiger partial charge in [-0.1, -0.05) is 0 Å². The smallest absolute Gasteiger partial charge is 0.312 e. The normalized spacial score (nSPS) is 20.1. The Labute approximate surface area is 106 Å². The second-order valence-electron chi connectivity index (χ2n) is 4.11. The fourth-order valence-electron chi connectivity index (χ4n) is 2.08. The Hall–Kier alpha value is -0.810. The minimum absolute atomic E-state index is 0.0111. The number of nitrogens with one attached hydrogen (secondary N) is 1. The zero-order chi connectivity index (χ0) is 12.7. The first-order valence-corrected chi connectivity index (χ1v) is 6.49. The summed E-state index contributed by atoms with van der Waals surface area (Å²) in [6.07, 6.45) is 3.35. The van der Waals surface area contributed by atoms with E-state index in [9.17, 15) is 9.59 Å². The summed E-state index contributed by atoms with van der Waals surface area (Å²) >= 11 is 5.44. The molecule has 2 N–H and O–H groups in total. The maximum atomic E-state index is 11.9. The van der Waals surface area contributed by atoms with E-state index < -0.39 is 11.8 Å². The average Bonchev–Trinajstić information content (AvgIpc) is 2.36. The zero-order valence-corrected chi connectivity index (χ0v) is 10.6. The number of hydrogen-bond acceptors (Lipinski definition) is 3. The van der Waals surface area contributed by atoms with Crippen LogP contribution >= 0.6 is 11.6 Å². The predicted octanol–water partition coefficient (Wildman–Crippen LogP) is 0.105. The molecule has 1 saturated heterocycles. The molecular formula is C11H19ClN2O3. The molecule has 1 atom stereocenters. The Kier molecular flexibility index (Phi) is 6.29. The Bertz CT molecular complexity index is 271. The van der Waals surface area contributed by atoms with Crippen molar-refractivity contribution in [2.24, 2.45) is 0 Å². The zero-order valence-electron chi connectivity index (χ0n) is 9.82. The highest BCUT2D eigenvalue weighted by molar-refractivity contribution is 6.35. The summed E-state index contributed by atoms with van der Waals surface area (Å²) in [7, 11) is 0. The van der Waals surface area contributed by atoms with Crippen LogP contribution in [0, 0.1) is 0 Å². The van der Waals surface area contributed by atoms with Gasteiger partial charge in [0.05, 0.1) is 0 Å². The summed E-state index contributed by atoms with van der Waals surface area (Å²) in [6, 6.07) is -0.0111. The summed E-state index contributed by atoms with van der Waals surface area (Å²) in [4.78, 5) is 25.0. The lowest BCUT2D eigenvalue weighted by Gasteiger charge is -2.34. The second-order valence-corrected chi connectivity index (χ2v) is 4.48. The van der Waals surface area contributed by atoms with E-state index in [-0.39, 0.29) is 12.6 Å². The lowest BCUT2D eigenvalue weighted by Crippen LogP contribution is -2.50. The number of halogens is 1. The molecule has 1 unspecified atom stereocenters. The molecule has 0 bridgehead atoms. The van der Waals surface area contributed by atoms with Gasteiger partial charge in [0.1, 0.15) is 0 Å². The molecule has 6 heteroatoms.